The fourth-order valence-electron chi connectivity index (χ4n) is 2.84. The van der Waals surface area contributed by atoms with Crippen LogP contribution in [0.15, 0.2) is 30.3 Å². The van der Waals surface area contributed by atoms with Gasteiger partial charge in [-0.3, -0.25) is 0 Å². The first-order valence-corrected chi connectivity index (χ1v) is 7.24. The van der Waals surface area contributed by atoms with E-state index in [2.05, 4.69) is 4.98 Å². The normalized spacial score (nSPS) is 17.6. The molecule has 0 amide bonds. The van der Waals surface area contributed by atoms with Gasteiger partial charge in [0.1, 0.15) is 5.82 Å². The van der Waals surface area contributed by atoms with Gasteiger partial charge in [-0.1, -0.05) is 18.2 Å². The number of nitrogens with zero attached hydrogens (tertiary/aromatic N) is 2. The minimum atomic E-state index is -1.66. The highest BCUT2D eigenvalue weighted by atomic mass is 16.4. The van der Waals surface area contributed by atoms with E-state index in [-0.39, 0.29) is 19.4 Å². The maximum atomic E-state index is 11.1. The Morgan fingerprint density at radius 2 is 1.95 bits per heavy atom. The summed E-state index contributed by atoms with van der Waals surface area (Å²) in [4.78, 5) is 17.6. The zero-order chi connectivity index (χ0) is 15.7. The third-order valence-electron chi connectivity index (χ3n) is 4.24. The number of anilines is 1. The minimum absolute atomic E-state index is 0.132. The first kappa shape index (κ1) is 14.7. The highest BCUT2D eigenvalue weighted by Gasteiger charge is 2.39. The molecule has 1 aliphatic rings. The molecule has 0 bridgehead atoms. The van der Waals surface area contributed by atoms with Crippen molar-refractivity contribution in [3.05, 3.63) is 35.9 Å². The van der Waals surface area contributed by atoms with Crippen molar-refractivity contribution >= 4 is 22.7 Å². The van der Waals surface area contributed by atoms with E-state index >= 15 is 0 Å². The number of hydrogen-bond acceptors (Lipinski definition) is 5. The van der Waals surface area contributed by atoms with Crippen LogP contribution in [0.5, 0.6) is 0 Å². The van der Waals surface area contributed by atoms with E-state index in [1.54, 1.807) is 0 Å². The Hall–Kier alpha value is -2.18. The molecule has 0 unspecified atom stereocenters. The number of hydrogen-bond donors (Lipinski definition) is 3. The lowest BCUT2D eigenvalue weighted by Crippen LogP contribution is -2.49. The van der Waals surface area contributed by atoms with Crippen LogP contribution in [0.3, 0.4) is 0 Å². The molecule has 0 aliphatic carbocycles. The average molecular weight is 302 g/mol. The molecule has 3 rings (SSSR count). The fourth-order valence-corrected chi connectivity index (χ4v) is 2.84. The quantitative estimate of drug-likeness (QED) is 0.787. The number of para-hydroxylation sites is 1. The monoisotopic (exact) mass is 302 g/mol. The summed E-state index contributed by atoms with van der Waals surface area (Å²) < 4.78 is 0. The van der Waals surface area contributed by atoms with Crippen LogP contribution >= 0.6 is 0 Å². The van der Waals surface area contributed by atoms with Crippen molar-refractivity contribution in [1.29, 1.82) is 0 Å². The van der Waals surface area contributed by atoms with Gasteiger partial charge in [-0.25, -0.2) is 9.78 Å². The first-order valence-electron chi connectivity index (χ1n) is 7.24. The van der Waals surface area contributed by atoms with Gasteiger partial charge < -0.3 is 20.2 Å². The molecule has 2 aromatic rings. The fraction of sp³-hybridized carbons (Fsp3) is 0.375. The van der Waals surface area contributed by atoms with E-state index in [4.69, 9.17) is 5.11 Å². The molecule has 0 radical (unpaired) electrons. The maximum absolute atomic E-state index is 11.1. The average Bonchev–Trinajstić information content (AvgIpc) is 2.54. The van der Waals surface area contributed by atoms with E-state index in [0.717, 1.165) is 10.9 Å². The SMILES string of the molecule is O=C(O)C1(O)CCN(c2nc3ccccc3cc2CO)CC1. The summed E-state index contributed by atoms with van der Waals surface area (Å²) in [7, 11) is 0. The van der Waals surface area contributed by atoms with E-state index < -0.39 is 11.6 Å². The number of aliphatic hydroxyl groups is 2. The summed E-state index contributed by atoms with van der Waals surface area (Å²) in [6, 6.07) is 9.55. The van der Waals surface area contributed by atoms with Crippen LogP contribution in [0.4, 0.5) is 5.82 Å². The highest BCUT2D eigenvalue weighted by Crippen LogP contribution is 2.29. The van der Waals surface area contributed by atoms with Crippen molar-refractivity contribution in [2.75, 3.05) is 18.0 Å². The molecular formula is C16H18N2O4. The number of fused-ring (bicyclic) bond motifs is 1. The first-order chi connectivity index (χ1) is 10.5. The molecular weight excluding hydrogens is 284 g/mol. The lowest BCUT2D eigenvalue weighted by atomic mass is 9.91. The molecule has 6 heteroatoms. The Kier molecular flexibility index (Phi) is 3.72. The van der Waals surface area contributed by atoms with Crippen LogP contribution in [0.1, 0.15) is 18.4 Å². The molecule has 1 aromatic carbocycles. The van der Waals surface area contributed by atoms with Gasteiger partial charge in [-0.15, -0.1) is 0 Å². The minimum Gasteiger partial charge on any atom is -0.479 e. The van der Waals surface area contributed by atoms with Gasteiger partial charge in [-0.2, -0.15) is 0 Å². The Bertz CT molecular complexity index is 708. The van der Waals surface area contributed by atoms with Gasteiger partial charge in [0.05, 0.1) is 12.1 Å². The van der Waals surface area contributed by atoms with Crippen LogP contribution in [0, 0.1) is 0 Å². The van der Waals surface area contributed by atoms with E-state index in [9.17, 15) is 15.0 Å². The molecule has 116 valence electrons. The topological polar surface area (TPSA) is 93.9 Å². The van der Waals surface area contributed by atoms with Crippen LogP contribution in [0.25, 0.3) is 10.9 Å². The molecule has 1 aliphatic heterocycles. The smallest absolute Gasteiger partial charge is 0.335 e. The van der Waals surface area contributed by atoms with Crippen LogP contribution < -0.4 is 4.90 Å². The second-order valence-electron chi connectivity index (χ2n) is 5.65. The molecule has 1 saturated heterocycles. The van der Waals surface area contributed by atoms with Crippen molar-refractivity contribution in [2.45, 2.75) is 25.0 Å². The van der Waals surface area contributed by atoms with Gasteiger partial charge in [0.2, 0.25) is 0 Å². The standard InChI is InChI=1S/C16H18N2O4/c19-10-12-9-11-3-1-2-4-13(11)17-14(12)18-7-5-16(22,6-8-18)15(20)21/h1-4,9,19,22H,5-8,10H2,(H,20,21). The van der Waals surface area contributed by atoms with Crippen molar-refractivity contribution in [2.24, 2.45) is 0 Å². The van der Waals surface area contributed by atoms with E-state index in [0.29, 0.717) is 24.5 Å². The molecule has 0 spiro atoms. The Labute approximate surface area is 127 Å². The molecule has 0 saturated carbocycles. The molecule has 0 atom stereocenters. The van der Waals surface area contributed by atoms with Gasteiger partial charge in [0.15, 0.2) is 5.60 Å². The zero-order valence-electron chi connectivity index (χ0n) is 12.1. The number of carboxylic acids is 1. The number of piperidine rings is 1. The van der Waals surface area contributed by atoms with Crippen LogP contribution in [0.2, 0.25) is 0 Å². The summed E-state index contributed by atoms with van der Waals surface area (Å²) in [5.74, 6) is -0.519. The number of aliphatic carboxylic acids is 1. The predicted molar refractivity (Wildman–Crippen MR) is 81.7 cm³/mol. The Morgan fingerprint density at radius 3 is 2.59 bits per heavy atom. The predicted octanol–water partition coefficient (Wildman–Crippen LogP) is 1.14. The molecule has 3 N–H and O–H groups in total. The summed E-state index contributed by atoms with van der Waals surface area (Å²) in [5.41, 5.74) is -0.125. The summed E-state index contributed by atoms with van der Waals surface area (Å²) >= 11 is 0. The second-order valence-corrected chi connectivity index (χ2v) is 5.65. The third-order valence-corrected chi connectivity index (χ3v) is 4.24. The molecule has 22 heavy (non-hydrogen) atoms. The summed E-state index contributed by atoms with van der Waals surface area (Å²) in [6.07, 6.45) is 0.281. The van der Waals surface area contributed by atoms with E-state index in [1.807, 2.05) is 35.2 Å². The zero-order valence-corrected chi connectivity index (χ0v) is 12.1. The van der Waals surface area contributed by atoms with Crippen molar-refractivity contribution in [3.63, 3.8) is 0 Å². The largest absolute Gasteiger partial charge is 0.479 e. The number of benzene rings is 1. The molecule has 2 heterocycles. The number of pyridine rings is 1. The summed E-state index contributed by atoms with van der Waals surface area (Å²) in [6.45, 7) is 0.648. The van der Waals surface area contributed by atoms with Crippen LogP contribution in [-0.4, -0.2) is 45.0 Å². The number of rotatable bonds is 3. The van der Waals surface area contributed by atoms with Crippen molar-refractivity contribution in [3.8, 4) is 0 Å². The number of aliphatic hydroxyl groups excluding tert-OH is 1. The van der Waals surface area contributed by atoms with Crippen molar-refractivity contribution < 1.29 is 20.1 Å². The Balaban J connectivity index is 1.92. The second kappa shape index (κ2) is 5.55. The third kappa shape index (κ3) is 2.51. The maximum Gasteiger partial charge on any atom is 0.335 e. The number of aromatic nitrogens is 1. The van der Waals surface area contributed by atoms with Gasteiger partial charge in [0, 0.05) is 36.9 Å². The van der Waals surface area contributed by atoms with Gasteiger partial charge in [-0.05, 0) is 12.1 Å². The molecule has 6 nitrogen and oxygen atoms in total. The number of carbonyl (C=O) groups is 1. The van der Waals surface area contributed by atoms with Crippen LogP contribution in [-0.2, 0) is 11.4 Å². The Morgan fingerprint density at radius 1 is 1.27 bits per heavy atom. The van der Waals surface area contributed by atoms with Gasteiger partial charge in [0.25, 0.3) is 0 Å². The molecule has 1 aromatic heterocycles. The highest BCUT2D eigenvalue weighted by molar-refractivity contribution is 5.82. The number of carboxylic acid groups (broad SMARTS) is 1. The van der Waals surface area contributed by atoms with E-state index in [1.165, 1.54) is 0 Å². The summed E-state index contributed by atoms with van der Waals surface area (Å²) in [5, 5.41) is 29.6. The van der Waals surface area contributed by atoms with Crippen molar-refractivity contribution in [1.82, 2.24) is 4.98 Å². The molecule has 1 fully saturated rings. The lowest BCUT2D eigenvalue weighted by molar-refractivity contribution is -0.160. The lowest BCUT2D eigenvalue weighted by Gasteiger charge is -2.36. The van der Waals surface area contributed by atoms with Gasteiger partial charge >= 0.3 is 5.97 Å².